The number of halogens is 1. The van der Waals surface area contributed by atoms with Gasteiger partial charge in [-0.25, -0.2) is 4.98 Å². The van der Waals surface area contributed by atoms with Crippen LogP contribution in [0.25, 0.3) is 0 Å². The number of hydrogen-bond donors (Lipinski definition) is 2. The summed E-state index contributed by atoms with van der Waals surface area (Å²) in [5.41, 5.74) is 6.51. The van der Waals surface area contributed by atoms with Gasteiger partial charge in [0.15, 0.2) is 0 Å². The van der Waals surface area contributed by atoms with Gasteiger partial charge in [-0.3, -0.25) is 4.79 Å². The third-order valence-electron chi connectivity index (χ3n) is 4.17. The number of hydrogen-bond acceptors (Lipinski definition) is 5. The van der Waals surface area contributed by atoms with E-state index < -0.39 is 0 Å². The molecule has 0 atom stereocenters. The second-order valence-corrected chi connectivity index (χ2v) is 5.59. The third kappa shape index (κ3) is 1.90. The summed E-state index contributed by atoms with van der Waals surface area (Å²) in [6, 6.07) is 0. The fourth-order valence-electron chi connectivity index (χ4n) is 3.07. The van der Waals surface area contributed by atoms with Gasteiger partial charge >= 0.3 is 0 Å². The third-order valence-corrected chi connectivity index (χ3v) is 4.45. The summed E-state index contributed by atoms with van der Waals surface area (Å²) in [4.78, 5) is 21.5. The van der Waals surface area contributed by atoms with E-state index in [9.17, 15) is 4.79 Å². The van der Waals surface area contributed by atoms with Gasteiger partial charge in [0, 0.05) is 37.5 Å². The molecule has 3 rings (SSSR count). The van der Waals surface area contributed by atoms with Crippen LogP contribution in [0.1, 0.15) is 25.3 Å². The van der Waals surface area contributed by atoms with E-state index >= 15 is 0 Å². The van der Waals surface area contributed by atoms with Gasteiger partial charge in [0.2, 0.25) is 11.9 Å². The van der Waals surface area contributed by atoms with E-state index in [-0.39, 0.29) is 17.3 Å². The quantitative estimate of drug-likeness (QED) is 0.694. The number of rotatable bonds is 0. The fourth-order valence-corrected chi connectivity index (χ4v) is 3.44. The van der Waals surface area contributed by atoms with E-state index in [0.717, 1.165) is 43.9 Å². The first-order chi connectivity index (χ1) is 9.02. The molecule has 1 fully saturated rings. The number of carbonyl (C=O) groups excluding carboxylic acids is 1. The van der Waals surface area contributed by atoms with Crippen molar-refractivity contribution in [1.29, 1.82) is 0 Å². The van der Waals surface area contributed by atoms with E-state index in [1.54, 1.807) is 6.92 Å². The number of anilines is 2. The molecule has 1 spiro atoms. The lowest BCUT2D eigenvalue weighted by molar-refractivity contribution is -0.130. The van der Waals surface area contributed by atoms with Crippen molar-refractivity contribution in [3.8, 4) is 0 Å². The number of carbonyl (C=O) groups is 1. The molecule has 19 heavy (non-hydrogen) atoms. The standard InChI is InChI=1S/C12H16ClN5O/c1-7(19)18-4-2-12(3-5-18)6-15-10-8(12)9(13)16-11(14)17-10/h2-6H2,1H3,(H3,14,15,16,17). The summed E-state index contributed by atoms with van der Waals surface area (Å²) < 4.78 is 0. The summed E-state index contributed by atoms with van der Waals surface area (Å²) in [6.45, 7) is 3.88. The largest absolute Gasteiger partial charge is 0.369 e. The SMILES string of the molecule is CC(=O)N1CCC2(CC1)CNc1nc(N)nc(Cl)c12. The maximum absolute atomic E-state index is 11.4. The monoisotopic (exact) mass is 281 g/mol. The molecule has 7 heteroatoms. The minimum absolute atomic E-state index is 0.0634. The van der Waals surface area contributed by atoms with Crippen LogP contribution in [0.15, 0.2) is 0 Å². The van der Waals surface area contributed by atoms with Crippen LogP contribution < -0.4 is 11.1 Å². The lowest BCUT2D eigenvalue weighted by Gasteiger charge is -2.38. The molecular formula is C12H16ClN5O. The first kappa shape index (κ1) is 12.5. The van der Waals surface area contributed by atoms with Crippen molar-refractivity contribution in [3.63, 3.8) is 0 Å². The molecule has 2 aliphatic rings. The number of amides is 1. The lowest BCUT2D eigenvalue weighted by atomic mass is 9.75. The van der Waals surface area contributed by atoms with Crippen LogP contribution in [0.4, 0.5) is 11.8 Å². The van der Waals surface area contributed by atoms with Crippen molar-refractivity contribution in [2.75, 3.05) is 30.7 Å². The van der Waals surface area contributed by atoms with Gasteiger partial charge in [-0.15, -0.1) is 0 Å². The lowest BCUT2D eigenvalue weighted by Crippen LogP contribution is -2.45. The average Bonchev–Trinajstić information content (AvgIpc) is 2.69. The van der Waals surface area contributed by atoms with Crippen LogP contribution in [0.5, 0.6) is 0 Å². The highest BCUT2D eigenvalue weighted by Gasteiger charge is 2.44. The van der Waals surface area contributed by atoms with Crippen molar-refractivity contribution in [2.45, 2.75) is 25.2 Å². The zero-order chi connectivity index (χ0) is 13.6. The zero-order valence-corrected chi connectivity index (χ0v) is 11.5. The predicted molar refractivity (Wildman–Crippen MR) is 73.1 cm³/mol. The molecule has 1 amide bonds. The number of nitrogens with zero attached hydrogens (tertiary/aromatic N) is 3. The van der Waals surface area contributed by atoms with Crippen LogP contribution in [-0.4, -0.2) is 40.4 Å². The Bertz CT molecular complexity index is 539. The minimum Gasteiger partial charge on any atom is -0.369 e. The molecule has 0 radical (unpaired) electrons. The topological polar surface area (TPSA) is 84.1 Å². The highest BCUT2D eigenvalue weighted by molar-refractivity contribution is 6.30. The molecule has 0 unspecified atom stereocenters. The van der Waals surface area contributed by atoms with Gasteiger partial charge in [0.1, 0.15) is 11.0 Å². The summed E-state index contributed by atoms with van der Waals surface area (Å²) in [6.07, 6.45) is 1.75. The Morgan fingerprint density at radius 1 is 1.42 bits per heavy atom. The number of fused-ring (bicyclic) bond motifs is 2. The van der Waals surface area contributed by atoms with Crippen LogP contribution in [0.2, 0.25) is 5.15 Å². The molecule has 1 aromatic heterocycles. The Morgan fingerprint density at radius 2 is 2.11 bits per heavy atom. The molecule has 1 aromatic rings. The molecule has 102 valence electrons. The normalized spacial score (nSPS) is 20.2. The molecule has 0 bridgehead atoms. The van der Waals surface area contributed by atoms with Gasteiger partial charge in [0.25, 0.3) is 0 Å². The molecule has 1 saturated heterocycles. The van der Waals surface area contributed by atoms with Gasteiger partial charge in [0.05, 0.1) is 0 Å². The number of piperidine rings is 1. The second-order valence-electron chi connectivity index (χ2n) is 5.24. The minimum atomic E-state index is -0.0634. The van der Waals surface area contributed by atoms with E-state index in [2.05, 4.69) is 15.3 Å². The summed E-state index contributed by atoms with van der Waals surface area (Å²) in [5, 5.41) is 3.70. The highest BCUT2D eigenvalue weighted by Crippen LogP contribution is 2.46. The van der Waals surface area contributed by atoms with Crippen molar-refractivity contribution < 1.29 is 4.79 Å². The Hall–Kier alpha value is -1.56. The van der Waals surface area contributed by atoms with Gasteiger partial charge in [-0.05, 0) is 12.8 Å². The number of aromatic nitrogens is 2. The second kappa shape index (κ2) is 4.23. The van der Waals surface area contributed by atoms with Crippen molar-refractivity contribution in [1.82, 2.24) is 14.9 Å². The predicted octanol–water partition coefficient (Wildman–Crippen LogP) is 1.02. The number of nitrogen functional groups attached to an aromatic ring is 1. The van der Waals surface area contributed by atoms with Crippen LogP contribution in [-0.2, 0) is 10.2 Å². The van der Waals surface area contributed by atoms with Crippen molar-refractivity contribution in [2.24, 2.45) is 0 Å². The smallest absolute Gasteiger partial charge is 0.223 e. The molecule has 0 aromatic carbocycles. The average molecular weight is 282 g/mol. The number of nitrogens with two attached hydrogens (primary N) is 1. The molecular weight excluding hydrogens is 266 g/mol. The van der Waals surface area contributed by atoms with E-state index in [0.29, 0.717) is 5.15 Å². The molecule has 6 nitrogen and oxygen atoms in total. The van der Waals surface area contributed by atoms with E-state index in [1.807, 2.05) is 4.90 Å². The van der Waals surface area contributed by atoms with Crippen LogP contribution >= 0.6 is 11.6 Å². The van der Waals surface area contributed by atoms with Crippen molar-refractivity contribution in [3.05, 3.63) is 10.7 Å². The van der Waals surface area contributed by atoms with Crippen LogP contribution in [0.3, 0.4) is 0 Å². The number of likely N-dealkylation sites (tertiary alicyclic amines) is 1. The van der Waals surface area contributed by atoms with Gasteiger partial charge < -0.3 is 16.0 Å². The van der Waals surface area contributed by atoms with Crippen molar-refractivity contribution >= 4 is 29.3 Å². The Balaban J connectivity index is 1.93. The van der Waals surface area contributed by atoms with Gasteiger partial charge in [-0.1, -0.05) is 11.6 Å². The molecule has 0 saturated carbocycles. The Kier molecular flexibility index (Phi) is 2.78. The Labute approximate surface area is 116 Å². The summed E-state index contributed by atoms with van der Waals surface area (Å²) >= 11 is 6.25. The van der Waals surface area contributed by atoms with Gasteiger partial charge in [-0.2, -0.15) is 4.98 Å². The number of nitrogens with one attached hydrogen (secondary N) is 1. The Morgan fingerprint density at radius 3 is 2.74 bits per heavy atom. The fraction of sp³-hybridized carbons (Fsp3) is 0.583. The summed E-state index contributed by atoms with van der Waals surface area (Å²) in [5.74, 6) is 1.06. The van der Waals surface area contributed by atoms with Crippen LogP contribution in [0, 0.1) is 0 Å². The molecule has 3 N–H and O–H groups in total. The highest BCUT2D eigenvalue weighted by atomic mass is 35.5. The molecule has 2 aliphatic heterocycles. The first-order valence-electron chi connectivity index (χ1n) is 6.35. The molecule has 3 heterocycles. The maximum Gasteiger partial charge on any atom is 0.223 e. The van der Waals surface area contributed by atoms with E-state index in [4.69, 9.17) is 17.3 Å². The summed E-state index contributed by atoms with van der Waals surface area (Å²) in [7, 11) is 0. The maximum atomic E-state index is 11.4. The zero-order valence-electron chi connectivity index (χ0n) is 10.7. The molecule has 0 aliphatic carbocycles. The first-order valence-corrected chi connectivity index (χ1v) is 6.72. The van der Waals surface area contributed by atoms with E-state index in [1.165, 1.54) is 0 Å².